The van der Waals surface area contributed by atoms with Crippen LogP contribution in [0.3, 0.4) is 0 Å². The number of carbonyl (C=O) groups excluding carboxylic acids is 2. The van der Waals surface area contributed by atoms with Gasteiger partial charge in [0.25, 0.3) is 5.91 Å². The zero-order chi connectivity index (χ0) is 20.8. The maximum absolute atomic E-state index is 14.8. The number of nitrogens with one attached hydrogen (secondary N) is 1. The van der Waals surface area contributed by atoms with Gasteiger partial charge in [0.15, 0.2) is 0 Å². The second kappa shape index (κ2) is 6.88. The van der Waals surface area contributed by atoms with Crippen LogP contribution in [-0.2, 0) is 0 Å². The molecule has 0 bridgehead atoms. The van der Waals surface area contributed by atoms with Gasteiger partial charge in [-0.1, -0.05) is 12.1 Å². The number of alkyl halides is 1. The number of carbonyl (C=O) groups is 2. The number of amides is 2. The maximum Gasteiger partial charge on any atom is 0.252 e. The molecule has 2 unspecified atom stereocenters. The van der Waals surface area contributed by atoms with E-state index in [1.54, 1.807) is 41.9 Å². The Morgan fingerprint density at radius 2 is 1.93 bits per heavy atom. The van der Waals surface area contributed by atoms with Gasteiger partial charge in [-0.05, 0) is 49.9 Å². The molecule has 2 heterocycles. The monoisotopic (exact) mass is 395 g/mol. The van der Waals surface area contributed by atoms with Crippen LogP contribution in [0.2, 0.25) is 0 Å². The van der Waals surface area contributed by atoms with E-state index in [-0.39, 0.29) is 5.56 Å². The normalized spacial score (nSPS) is 21.4. The second-order valence-electron chi connectivity index (χ2n) is 7.66. The number of primary amides is 2. The first-order chi connectivity index (χ1) is 13.8. The van der Waals surface area contributed by atoms with E-state index in [0.29, 0.717) is 29.6 Å². The van der Waals surface area contributed by atoms with Crippen molar-refractivity contribution in [1.29, 1.82) is 0 Å². The minimum Gasteiger partial charge on any atom is -0.377 e. The lowest BCUT2D eigenvalue weighted by atomic mass is 10.0. The second-order valence-corrected chi connectivity index (χ2v) is 7.66. The molecule has 1 aliphatic carbocycles. The first-order valence-corrected chi connectivity index (χ1v) is 9.43. The van der Waals surface area contributed by atoms with Crippen molar-refractivity contribution in [2.24, 2.45) is 11.5 Å². The average molecular weight is 395 g/mol. The molecule has 1 fully saturated rings. The summed E-state index contributed by atoms with van der Waals surface area (Å²) in [5.41, 5.74) is 12.9. The summed E-state index contributed by atoms with van der Waals surface area (Å²) in [6.45, 7) is 1.57. The number of nitrogens with zero attached hydrogens (tertiary/aromatic N) is 2. The van der Waals surface area contributed by atoms with Gasteiger partial charge in [0, 0.05) is 17.3 Å². The van der Waals surface area contributed by atoms with Crippen molar-refractivity contribution < 1.29 is 14.0 Å². The highest BCUT2D eigenvalue weighted by Crippen LogP contribution is 2.37. The van der Waals surface area contributed by atoms with E-state index < -0.39 is 23.5 Å². The number of fused-ring (bicyclic) bond motifs is 1. The van der Waals surface area contributed by atoms with Gasteiger partial charge in [0.2, 0.25) is 5.91 Å². The summed E-state index contributed by atoms with van der Waals surface area (Å²) < 4.78 is 16.5. The fraction of sp³-hybridized carbons (Fsp3) is 0.286. The fourth-order valence-electron chi connectivity index (χ4n) is 3.90. The zero-order valence-corrected chi connectivity index (χ0v) is 16.0. The van der Waals surface area contributed by atoms with Crippen LogP contribution in [0.4, 0.5) is 10.1 Å². The lowest BCUT2D eigenvalue weighted by molar-refractivity contribution is 0.0992. The highest BCUT2D eigenvalue weighted by molar-refractivity contribution is 6.02. The number of nitrogens with two attached hydrogens (primary N) is 2. The molecule has 2 atom stereocenters. The highest BCUT2D eigenvalue weighted by Gasteiger charge is 2.39. The van der Waals surface area contributed by atoms with Crippen LogP contribution in [0.1, 0.15) is 46.9 Å². The number of aromatic nitrogens is 2. The van der Waals surface area contributed by atoms with Crippen molar-refractivity contribution in [3.05, 3.63) is 53.9 Å². The summed E-state index contributed by atoms with van der Waals surface area (Å²) in [6.07, 6.45) is 5.10. The molecule has 7 nitrogen and oxygen atoms in total. The molecular formula is C21H22FN5O2. The molecule has 2 aromatic heterocycles. The molecule has 150 valence electrons. The number of halogens is 1. The molecule has 3 aromatic rings. The number of benzene rings is 1. The predicted molar refractivity (Wildman–Crippen MR) is 108 cm³/mol. The van der Waals surface area contributed by atoms with E-state index in [4.69, 9.17) is 11.5 Å². The van der Waals surface area contributed by atoms with Crippen molar-refractivity contribution in [1.82, 2.24) is 9.61 Å². The first-order valence-electron chi connectivity index (χ1n) is 9.43. The van der Waals surface area contributed by atoms with Crippen molar-refractivity contribution in [3.8, 4) is 11.1 Å². The van der Waals surface area contributed by atoms with E-state index in [0.717, 1.165) is 17.5 Å². The Morgan fingerprint density at radius 3 is 2.52 bits per heavy atom. The van der Waals surface area contributed by atoms with Crippen LogP contribution in [-0.4, -0.2) is 33.1 Å². The van der Waals surface area contributed by atoms with Crippen LogP contribution in [0.15, 0.2) is 42.7 Å². The summed E-state index contributed by atoms with van der Waals surface area (Å²) in [7, 11) is 0. The number of anilines is 1. The van der Waals surface area contributed by atoms with Gasteiger partial charge in [0.05, 0.1) is 29.0 Å². The minimum absolute atomic E-state index is 0.217. The Hall–Kier alpha value is -3.42. The summed E-state index contributed by atoms with van der Waals surface area (Å²) >= 11 is 0. The summed E-state index contributed by atoms with van der Waals surface area (Å²) in [4.78, 5) is 23.3. The van der Waals surface area contributed by atoms with E-state index in [1.807, 2.05) is 6.07 Å². The Kier molecular flexibility index (Phi) is 4.49. The predicted octanol–water partition coefficient (Wildman–Crippen LogP) is 2.89. The molecule has 1 aliphatic rings. The van der Waals surface area contributed by atoms with Crippen LogP contribution >= 0.6 is 0 Å². The summed E-state index contributed by atoms with van der Waals surface area (Å²) in [5.74, 6) is -1.13. The van der Waals surface area contributed by atoms with Gasteiger partial charge in [-0.25, -0.2) is 8.91 Å². The molecule has 8 heteroatoms. The third-order valence-electron chi connectivity index (χ3n) is 5.61. The molecule has 5 N–H and O–H groups in total. The molecule has 29 heavy (non-hydrogen) atoms. The Balaban J connectivity index is 1.79. The largest absolute Gasteiger partial charge is 0.377 e. The number of rotatable bonds is 5. The molecule has 4 rings (SSSR count). The average Bonchev–Trinajstić information content (AvgIpc) is 3.25. The summed E-state index contributed by atoms with van der Waals surface area (Å²) in [6, 6.07) is 8.30. The van der Waals surface area contributed by atoms with Gasteiger partial charge in [-0.15, -0.1) is 0 Å². The Labute approximate surface area is 166 Å². The third kappa shape index (κ3) is 3.41. The lowest BCUT2D eigenvalue weighted by Gasteiger charge is -2.26. The lowest BCUT2D eigenvalue weighted by Crippen LogP contribution is -2.36. The molecule has 1 aromatic carbocycles. The molecule has 1 saturated carbocycles. The Bertz CT molecular complexity index is 1100. The minimum atomic E-state index is -1.37. The Morgan fingerprint density at radius 1 is 1.21 bits per heavy atom. The molecule has 0 radical (unpaired) electrons. The number of hydrogen-bond donors (Lipinski definition) is 3. The molecular weight excluding hydrogens is 373 g/mol. The van der Waals surface area contributed by atoms with Crippen molar-refractivity contribution in [2.45, 2.75) is 37.9 Å². The molecule has 0 aliphatic heterocycles. The van der Waals surface area contributed by atoms with E-state index in [2.05, 4.69) is 10.4 Å². The topological polar surface area (TPSA) is 116 Å². The van der Waals surface area contributed by atoms with Crippen LogP contribution in [0, 0.1) is 0 Å². The van der Waals surface area contributed by atoms with Gasteiger partial charge in [0.1, 0.15) is 5.67 Å². The smallest absolute Gasteiger partial charge is 0.252 e. The fourth-order valence-corrected chi connectivity index (χ4v) is 3.90. The van der Waals surface area contributed by atoms with Crippen molar-refractivity contribution in [3.63, 3.8) is 0 Å². The zero-order valence-electron chi connectivity index (χ0n) is 16.0. The van der Waals surface area contributed by atoms with Crippen LogP contribution < -0.4 is 16.8 Å². The van der Waals surface area contributed by atoms with E-state index in [1.165, 1.54) is 6.20 Å². The van der Waals surface area contributed by atoms with Crippen LogP contribution in [0.5, 0.6) is 0 Å². The van der Waals surface area contributed by atoms with Gasteiger partial charge in [-0.2, -0.15) is 5.10 Å². The maximum atomic E-state index is 14.8. The van der Waals surface area contributed by atoms with Crippen LogP contribution in [0.25, 0.3) is 16.6 Å². The standard InChI is InChI=1S/C21H22FN5O2/c1-21(22)8-2-3-17(21)26-18-15(20(24)29)10-25-27-11-14(9-16(18)27)12-4-6-13(7-5-12)19(23)28/h4-7,9-11,17,26H,2-3,8H2,1H3,(H2,23,28)(H2,24,29). The van der Waals surface area contributed by atoms with Gasteiger partial charge >= 0.3 is 0 Å². The SMILES string of the molecule is CC1(F)CCCC1Nc1c(C(N)=O)cnn2cc(-c3ccc(C(N)=O)cc3)cc12. The molecule has 2 amide bonds. The van der Waals surface area contributed by atoms with Gasteiger partial charge in [-0.3, -0.25) is 9.59 Å². The first kappa shape index (κ1) is 18.9. The van der Waals surface area contributed by atoms with Gasteiger partial charge < -0.3 is 16.8 Å². The number of hydrogen-bond acceptors (Lipinski definition) is 4. The van der Waals surface area contributed by atoms with E-state index >= 15 is 0 Å². The van der Waals surface area contributed by atoms with E-state index in [9.17, 15) is 14.0 Å². The third-order valence-corrected chi connectivity index (χ3v) is 5.61. The van der Waals surface area contributed by atoms with Crippen molar-refractivity contribution in [2.75, 3.05) is 5.32 Å². The molecule has 0 saturated heterocycles. The molecule has 0 spiro atoms. The highest BCUT2D eigenvalue weighted by atomic mass is 19.1. The summed E-state index contributed by atoms with van der Waals surface area (Å²) in [5, 5.41) is 7.49. The quantitative estimate of drug-likeness (QED) is 0.616. The van der Waals surface area contributed by atoms with Crippen molar-refractivity contribution >= 4 is 23.0 Å².